The van der Waals surface area contributed by atoms with Gasteiger partial charge >= 0.3 is 4.87 Å². The molecule has 1 saturated heterocycles. The zero-order valence-corrected chi connectivity index (χ0v) is 13.0. The first kappa shape index (κ1) is 14.4. The summed E-state index contributed by atoms with van der Waals surface area (Å²) in [5, 5.41) is 5.37. The minimum Gasteiger partial charge on any atom is -0.314 e. The zero-order chi connectivity index (χ0) is 14.7. The average molecular weight is 304 g/mol. The Morgan fingerprint density at radius 2 is 2.38 bits per heavy atom. The van der Waals surface area contributed by atoms with Crippen molar-refractivity contribution >= 4 is 11.3 Å². The van der Waals surface area contributed by atoms with Crippen molar-refractivity contribution in [2.24, 2.45) is 0 Å². The maximum Gasteiger partial charge on any atom is 0.307 e. The summed E-state index contributed by atoms with van der Waals surface area (Å²) in [7, 11) is 0. The van der Waals surface area contributed by atoms with Crippen LogP contribution >= 0.6 is 11.3 Å². The maximum absolute atomic E-state index is 11.8. The van der Waals surface area contributed by atoms with Crippen LogP contribution in [0.1, 0.15) is 17.3 Å². The Hall–Kier alpha value is -1.50. The summed E-state index contributed by atoms with van der Waals surface area (Å²) in [5.41, 5.74) is 2.29. The number of aromatic nitrogens is 2. The lowest BCUT2D eigenvalue weighted by Crippen LogP contribution is -2.47. The van der Waals surface area contributed by atoms with Crippen molar-refractivity contribution in [3.63, 3.8) is 0 Å². The molecule has 1 unspecified atom stereocenters. The van der Waals surface area contributed by atoms with Crippen molar-refractivity contribution in [2.45, 2.75) is 19.5 Å². The molecule has 0 spiro atoms. The standard InChI is InChI=1S/C15H20N4OS/c1-12-11-21-15(20)19(12)8-7-18-6-5-17-10-14(18)13-3-2-4-16-9-13/h2-4,9,11,14,17H,5-8,10H2,1H3. The Labute approximate surface area is 128 Å². The van der Waals surface area contributed by atoms with Crippen LogP contribution in [0.3, 0.4) is 0 Å². The van der Waals surface area contributed by atoms with E-state index in [-0.39, 0.29) is 4.87 Å². The zero-order valence-electron chi connectivity index (χ0n) is 12.2. The predicted molar refractivity (Wildman–Crippen MR) is 84.7 cm³/mol. The molecule has 21 heavy (non-hydrogen) atoms. The van der Waals surface area contributed by atoms with Gasteiger partial charge in [0.05, 0.1) is 0 Å². The Balaban J connectivity index is 1.72. The summed E-state index contributed by atoms with van der Waals surface area (Å²) in [4.78, 5) is 18.6. The molecule has 2 aromatic heterocycles. The molecule has 1 atom stereocenters. The van der Waals surface area contributed by atoms with Crippen molar-refractivity contribution in [3.8, 4) is 0 Å². The van der Waals surface area contributed by atoms with E-state index in [9.17, 15) is 4.79 Å². The number of pyridine rings is 1. The second kappa shape index (κ2) is 6.51. The van der Waals surface area contributed by atoms with Gasteiger partial charge < -0.3 is 9.88 Å². The van der Waals surface area contributed by atoms with Gasteiger partial charge in [0.2, 0.25) is 0 Å². The Kier molecular flexibility index (Phi) is 4.48. The lowest BCUT2D eigenvalue weighted by atomic mass is 10.1. The molecule has 6 heteroatoms. The van der Waals surface area contributed by atoms with E-state index in [4.69, 9.17) is 0 Å². The van der Waals surface area contributed by atoms with Gasteiger partial charge in [-0.2, -0.15) is 0 Å². The first-order valence-corrected chi connectivity index (χ1v) is 8.13. The number of aryl methyl sites for hydroxylation is 1. The van der Waals surface area contributed by atoms with E-state index in [0.717, 1.165) is 38.4 Å². The van der Waals surface area contributed by atoms with Crippen LogP contribution in [0.5, 0.6) is 0 Å². The smallest absolute Gasteiger partial charge is 0.307 e. The number of hydrogen-bond acceptors (Lipinski definition) is 5. The first-order chi connectivity index (χ1) is 10.3. The molecule has 1 N–H and O–H groups in total. The summed E-state index contributed by atoms with van der Waals surface area (Å²) in [5.74, 6) is 0. The van der Waals surface area contributed by atoms with Gasteiger partial charge in [-0.3, -0.25) is 14.7 Å². The number of thiazole rings is 1. The summed E-state index contributed by atoms with van der Waals surface area (Å²) in [6, 6.07) is 4.44. The van der Waals surface area contributed by atoms with Gasteiger partial charge in [0.15, 0.2) is 0 Å². The second-order valence-corrected chi connectivity index (χ2v) is 6.16. The molecular weight excluding hydrogens is 284 g/mol. The number of nitrogens with zero attached hydrogens (tertiary/aromatic N) is 3. The van der Waals surface area contributed by atoms with Crippen LogP contribution in [0.15, 0.2) is 34.7 Å². The fourth-order valence-corrected chi connectivity index (χ4v) is 3.58. The van der Waals surface area contributed by atoms with Crippen LogP contribution in [0.25, 0.3) is 0 Å². The lowest BCUT2D eigenvalue weighted by Gasteiger charge is -2.36. The molecule has 1 aliphatic rings. The van der Waals surface area contributed by atoms with Crippen molar-refractivity contribution in [1.82, 2.24) is 19.8 Å². The molecule has 2 aromatic rings. The van der Waals surface area contributed by atoms with E-state index in [2.05, 4.69) is 21.3 Å². The van der Waals surface area contributed by atoms with Crippen molar-refractivity contribution in [3.05, 3.63) is 50.8 Å². The number of hydrogen-bond donors (Lipinski definition) is 1. The predicted octanol–water partition coefficient (Wildman–Crippen LogP) is 1.26. The third-order valence-corrected chi connectivity index (χ3v) is 4.89. The molecule has 0 aliphatic carbocycles. The SMILES string of the molecule is Cc1csc(=O)n1CCN1CCNCC1c1cccnc1. The summed E-state index contributed by atoms with van der Waals surface area (Å²) < 4.78 is 1.87. The van der Waals surface area contributed by atoms with Gasteiger partial charge in [-0.05, 0) is 18.6 Å². The number of piperazine rings is 1. The minimum absolute atomic E-state index is 0.139. The molecule has 0 radical (unpaired) electrons. The molecule has 0 bridgehead atoms. The third-order valence-electron chi connectivity index (χ3n) is 4.01. The molecule has 0 aromatic carbocycles. The van der Waals surface area contributed by atoms with Crippen LogP contribution in [0, 0.1) is 6.92 Å². The molecule has 3 heterocycles. The maximum atomic E-state index is 11.8. The Morgan fingerprint density at radius 1 is 1.48 bits per heavy atom. The van der Waals surface area contributed by atoms with Crippen LogP contribution in [-0.2, 0) is 6.54 Å². The van der Waals surface area contributed by atoms with Gasteiger partial charge in [0.1, 0.15) is 0 Å². The molecule has 3 rings (SSSR count). The Bertz CT molecular complexity index is 637. The molecule has 112 valence electrons. The highest BCUT2D eigenvalue weighted by atomic mass is 32.1. The van der Waals surface area contributed by atoms with E-state index < -0.39 is 0 Å². The Morgan fingerprint density at radius 3 is 3.10 bits per heavy atom. The van der Waals surface area contributed by atoms with Crippen molar-refractivity contribution in [2.75, 3.05) is 26.2 Å². The van der Waals surface area contributed by atoms with E-state index in [0.29, 0.717) is 6.04 Å². The molecule has 1 fully saturated rings. The normalized spacial score (nSPS) is 19.8. The highest BCUT2D eigenvalue weighted by Gasteiger charge is 2.23. The molecular formula is C15H20N4OS. The van der Waals surface area contributed by atoms with E-state index in [1.54, 1.807) is 6.20 Å². The third kappa shape index (κ3) is 3.23. The van der Waals surface area contributed by atoms with E-state index >= 15 is 0 Å². The fourth-order valence-electron chi connectivity index (χ4n) is 2.82. The lowest BCUT2D eigenvalue weighted by molar-refractivity contribution is 0.155. The van der Waals surface area contributed by atoms with Crippen molar-refractivity contribution < 1.29 is 0 Å². The second-order valence-electron chi connectivity index (χ2n) is 5.34. The molecule has 5 nitrogen and oxygen atoms in total. The molecule has 0 saturated carbocycles. The van der Waals surface area contributed by atoms with Gasteiger partial charge in [0.25, 0.3) is 0 Å². The summed E-state index contributed by atoms with van der Waals surface area (Å²) in [6.07, 6.45) is 3.74. The minimum atomic E-state index is 0.139. The van der Waals surface area contributed by atoms with Crippen LogP contribution in [0.4, 0.5) is 0 Å². The summed E-state index contributed by atoms with van der Waals surface area (Å²) >= 11 is 1.28. The van der Waals surface area contributed by atoms with Crippen LogP contribution in [0.2, 0.25) is 0 Å². The number of nitrogens with one attached hydrogen (secondary N) is 1. The summed E-state index contributed by atoms with van der Waals surface area (Å²) in [6.45, 7) is 6.56. The monoisotopic (exact) mass is 304 g/mol. The van der Waals surface area contributed by atoms with Gasteiger partial charge in [-0.25, -0.2) is 0 Å². The van der Waals surface area contributed by atoms with Gasteiger partial charge in [0, 0.05) is 62.2 Å². The highest BCUT2D eigenvalue weighted by Crippen LogP contribution is 2.21. The quantitative estimate of drug-likeness (QED) is 0.924. The van der Waals surface area contributed by atoms with Crippen LogP contribution in [-0.4, -0.2) is 40.6 Å². The van der Waals surface area contributed by atoms with Gasteiger partial charge in [-0.1, -0.05) is 17.4 Å². The fraction of sp³-hybridized carbons (Fsp3) is 0.467. The van der Waals surface area contributed by atoms with Gasteiger partial charge in [-0.15, -0.1) is 0 Å². The van der Waals surface area contributed by atoms with E-state index in [1.165, 1.54) is 16.9 Å². The average Bonchev–Trinajstić information content (AvgIpc) is 2.85. The largest absolute Gasteiger partial charge is 0.314 e. The topological polar surface area (TPSA) is 50.2 Å². The van der Waals surface area contributed by atoms with Crippen molar-refractivity contribution in [1.29, 1.82) is 0 Å². The molecule has 1 aliphatic heterocycles. The van der Waals surface area contributed by atoms with E-state index in [1.807, 2.05) is 29.1 Å². The first-order valence-electron chi connectivity index (χ1n) is 7.25. The number of rotatable bonds is 4. The molecule has 0 amide bonds. The highest BCUT2D eigenvalue weighted by molar-refractivity contribution is 7.07. The van der Waals surface area contributed by atoms with Crippen LogP contribution < -0.4 is 10.2 Å².